The standard InChI is InChI=1S/C20H27NO5/c1-9-10-4-5-11-18-8-21-20(26,19(11,14(9)23)15(10)24)16(25)13(18)17(2,3)7-6-12(18)22/h8,10-13,15-16,22,24-26H,1,4-7H2,2-3H3/t10-,11-,12-,13+,15+,16-,18+,19-,20-/m0/s1. The van der Waals surface area contributed by atoms with Crippen LogP contribution < -0.4 is 0 Å². The Morgan fingerprint density at radius 3 is 2.54 bits per heavy atom. The van der Waals surface area contributed by atoms with Gasteiger partial charge in [-0.3, -0.25) is 9.79 Å². The van der Waals surface area contributed by atoms with Crippen LogP contribution >= 0.6 is 0 Å². The van der Waals surface area contributed by atoms with Gasteiger partial charge >= 0.3 is 0 Å². The van der Waals surface area contributed by atoms with Gasteiger partial charge in [-0.25, -0.2) is 0 Å². The summed E-state index contributed by atoms with van der Waals surface area (Å²) in [6, 6.07) is 0. The van der Waals surface area contributed by atoms with Gasteiger partial charge in [-0.05, 0) is 42.6 Å². The van der Waals surface area contributed by atoms with E-state index >= 15 is 0 Å². The average Bonchev–Trinajstić information content (AvgIpc) is 2.69. The van der Waals surface area contributed by atoms with E-state index in [4.69, 9.17) is 0 Å². The van der Waals surface area contributed by atoms with Gasteiger partial charge in [-0.2, -0.15) is 0 Å². The Bertz CT molecular complexity index is 761. The van der Waals surface area contributed by atoms with Crippen LogP contribution in [0, 0.1) is 34.0 Å². The van der Waals surface area contributed by atoms with Crippen LogP contribution in [0.1, 0.15) is 39.5 Å². The number of hydrogen-bond donors (Lipinski definition) is 4. The highest BCUT2D eigenvalue weighted by Crippen LogP contribution is 2.75. The van der Waals surface area contributed by atoms with E-state index < -0.39 is 52.6 Å². The third-order valence-corrected chi connectivity index (χ3v) is 8.72. The minimum absolute atomic E-state index is 0.320. The van der Waals surface area contributed by atoms with Crippen molar-refractivity contribution in [1.29, 1.82) is 0 Å². The van der Waals surface area contributed by atoms with E-state index in [2.05, 4.69) is 11.6 Å². The third-order valence-electron chi connectivity index (χ3n) is 8.72. The Morgan fingerprint density at radius 1 is 1.15 bits per heavy atom. The monoisotopic (exact) mass is 361 g/mol. The first kappa shape index (κ1) is 17.0. The summed E-state index contributed by atoms with van der Waals surface area (Å²) < 4.78 is 0. The molecule has 0 saturated heterocycles. The number of rotatable bonds is 0. The lowest BCUT2D eigenvalue weighted by atomic mass is 9.35. The van der Waals surface area contributed by atoms with Crippen molar-refractivity contribution in [3.05, 3.63) is 12.2 Å². The predicted octanol–water partition coefficient (Wildman–Crippen LogP) is 0.430. The van der Waals surface area contributed by atoms with Gasteiger partial charge in [-0.1, -0.05) is 20.4 Å². The SMILES string of the molecule is C=C1C(=O)[C@]23[C@H](O)[C@H]1CC[C@H]2[C@@]12C=N[C@]3(O)[C@@H](O)[C@@H]1C(C)(C)CC[C@@H]2O. The second-order valence-corrected chi connectivity index (χ2v) is 9.85. The molecule has 6 rings (SSSR count). The van der Waals surface area contributed by atoms with Crippen molar-refractivity contribution in [2.45, 2.75) is 63.6 Å². The summed E-state index contributed by atoms with van der Waals surface area (Å²) in [5, 5.41) is 45.2. The molecule has 4 saturated carbocycles. The summed E-state index contributed by atoms with van der Waals surface area (Å²) in [7, 11) is 0. The van der Waals surface area contributed by atoms with Crippen molar-refractivity contribution in [3.8, 4) is 0 Å². The number of Topliss-reactive ketones (excluding diaryl/α,β-unsaturated/α-hetero) is 1. The first-order valence-corrected chi connectivity index (χ1v) is 9.63. The van der Waals surface area contributed by atoms with E-state index in [9.17, 15) is 25.2 Å². The Balaban J connectivity index is 1.84. The number of aliphatic hydroxyl groups is 4. The zero-order valence-corrected chi connectivity index (χ0v) is 15.2. The van der Waals surface area contributed by atoms with Crippen LogP contribution in [0.2, 0.25) is 0 Å². The summed E-state index contributed by atoms with van der Waals surface area (Å²) in [5.41, 5.74) is -4.61. The molecule has 2 spiro atoms. The quantitative estimate of drug-likeness (QED) is 0.468. The van der Waals surface area contributed by atoms with Gasteiger partial charge in [0.15, 0.2) is 11.5 Å². The second kappa shape index (κ2) is 4.49. The number of aliphatic imine (C=N–C) groups is 1. The number of nitrogens with zero attached hydrogens (tertiary/aromatic N) is 1. The maximum atomic E-state index is 13.3. The van der Waals surface area contributed by atoms with Crippen molar-refractivity contribution in [3.63, 3.8) is 0 Å². The van der Waals surface area contributed by atoms with E-state index in [1.54, 1.807) is 6.21 Å². The molecule has 6 aliphatic rings. The van der Waals surface area contributed by atoms with Crippen LogP contribution in [-0.4, -0.2) is 56.5 Å². The molecule has 26 heavy (non-hydrogen) atoms. The van der Waals surface area contributed by atoms with E-state index in [1.165, 1.54) is 0 Å². The molecule has 0 unspecified atom stereocenters. The van der Waals surface area contributed by atoms with Crippen molar-refractivity contribution in [2.75, 3.05) is 0 Å². The molecule has 4 fully saturated rings. The van der Waals surface area contributed by atoms with Crippen LogP contribution in [0.5, 0.6) is 0 Å². The molecule has 2 heterocycles. The summed E-state index contributed by atoms with van der Waals surface area (Å²) in [6.07, 6.45) is 0.848. The summed E-state index contributed by atoms with van der Waals surface area (Å²) in [6.45, 7) is 7.96. The van der Waals surface area contributed by atoms with Gasteiger partial charge in [0.1, 0.15) is 11.5 Å². The zero-order chi connectivity index (χ0) is 18.9. The van der Waals surface area contributed by atoms with Crippen molar-refractivity contribution < 1.29 is 25.2 Å². The molecule has 0 aromatic carbocycles. The maximum absolute atomic E-state index is 13.3. The van der Waals surface area contributed by atoms with Gasteiger partial charge in [0.2, 0.25) is 0 Å². The lowest BCUT2D eigenvalue weighted by molar-refractivity contribution is -0.319. The molecular weight excluding hydrogens is 334 g/mol. The molecule has 6 nitrogen and oxygen atoms in total. The highest BCUT2D eigenvalue weighted by molar-refractivity contribution is 6.06. The normalized spacial score (nSPS) is 59.3. The molecule has 6 heteroatoms. The van der Waals surface area contributed by atoms with Gasteiger partial charge < -0.3 is 20.4 Å². The fraction of sp³-hybridized carbons (Fsp3) is 0.800. The van der Waals surface area contributed by atoms with Gasteiger partial charge in [0.25, 0.3) is 0 Å². The van der Waals surface area contributed by atoms with Gasteiger partial charge in [0, 0.05) is 23.5 Å². The number of hydrogen-bond acceptors (Lipinski definition) is 6. The predicted molar refractivity (Wildman–Crippen MR) is 93.2 cm³/mol. The lowest BCUT2D eigenvalue weighted by Gasteiger charge is -2.72. The second-order valence-electron chi connectivity index (χ2n) is 9.85. The molecule has 0 aromatic rings. The summed E-state index contributed by atoms with van der Waals surface area (Å²) >= 11 is 0. The minimum atomic E-state index is -2.08. The van der Waals surface area contributed by atoms with E-state index in [-0.39, 0.29) is 11.2 Å². The first-order chi connectivity index (χ1) is 12.1. The van der Waals surface area contributed by atoms with Gasteiger partial charge in [-0.15, -0.1) is 0 Å². The van der Waals surface area contributed by atoms with Crippen molar-refractivity contribution >= 4 is 12.0 Å². The van der Waals surface area contributed by atoms with Gasteiger partial charge in [0.05, 0.1) is 12.2 Å². The van der Waals surface area contributed by atoms with Crippen LogP contribution in [0.15, 0.2) is 17.1 Å². The van der Waals surface area contributed by atoms with Crippen molar-refractivity contribution in [1.82, 2.24) is 0 Å². The maximum Gasteiger partial charge on any atom is 0.197 e. The number of ketones is 1. The molecule has 0 amide bonds. The van der Waals surface area contributed by atoms with E-state index in [0.29, 0.717) is 31.3 Å². The first-order valence-electron chi connectivity index (χ1n) is 9.63. The molecular formula is C20H27NO5. The highest BCUT2D eigenvalue weighted by Gasteiger charge is 2.85. The lowest BCUT2D eigenvalue weighted by Crippen LogP contribution is -2.82. The largest absolute Gasteiger partial charge is 0.392 e. The molecule has 0 aromatic heterocycles. The highest BCUT2D eigenvalue weighted by atomic mass is 16.4. The smallest absolute Gasteiger partial charge is 0.197 e. The van der Waals surface area contributed by atoms with Crippen LogP contribution in [0.4, 0.5) is 0 Å². The fourth-order valence-electron chi connectivity index (χ4n) is 7.71. The number of aliphatic hydroxyl groups excluding tert-OH is 3. The average molecular weight is 361 g/mol. The Hall–Kier alpha value is -1.08. The van der Waals surface area contributed by atoms with Crippen LogP contribution in [0.3, 0.4) is 0 Å². The van der Waals surface area contributed by atoms with E-state index in [1.807, 2.05) is 13.8 Å². The fourth-order valence-corrected chi connectivity index (χ4v) is 7.71. The third kappa shape index (κ3) is 1.36. The molecule has 9 atom stereocenters. The van der Waals surface area contributed by atoms with Crippen LogP contribution in [-0.2, 0) is 4.79 Å². The zero-order valence-electron chi connectivity index (χ0n) is 15.2. The van der Waals surface area contributed by atoms with E-state index in [0.717, 1.165) is 0 Å². The molecule has 4 N–H and O–H groups in total. The molecule has 4 aliphatic carbocycles. The molecule has 2 aliphatic heterocycles. The number of carbonyl (C=O) groups is 1. The minimum Gasteiger partial charge on any atom is -0.392 e. The summed E-state index contributed by atoms with van der Waals surface area (Å²) in [5.74, 6) is -1.68. The summed E-state index contributed by atoms with van der Waals surface area (Å²) in [4.78, 5) is 17.6. The Labute approximate surface area is 152 Å². The Morgan fingerprint density at radius 2 is 1.85 bits per heavy atom. The van der Waals surface area contributed by atoms with Crippen molar-refractivity contribution in [2.24, 2.45) is 39.0 Å². The van der Waals surface area contributed by atoms with Crippen LogP contribution in [0.25, 0.3) is 0 Å². The molecule has 142 valence electrons. The molecule has 4 bridgehead atoms. The number of carbonyl (C=O) groups excluding carboxylic acids is 1. The molecule has 0 radical (unpaired) electrons. The Kier molecular flexibility index (Phi) is 2.94. The number of fused-ring (bicyclic) bond motifs is 1. The topological polar surface area (TPSA) is 110 Å².